The Labute approximate surface area is 50.1 Å². The van der Waals surface area contributed by atoms with Gasteiger partial charge in [-0.1, -0.05) is 9.46 Å². The van der Waals surface area contributed by atoms with E-state index in [4.69, 9.17) is 0 Å². The van der Waals surface area contributed by atoms with Gasteiger partial charge in [-0.2, -0.15) is 0 Å². The fraction of sp³-hybridized carbons (Fsp3) is 1.00. The molecule has 0 aromatic rings. The smallest absolute Gasteiger partial charge is 0.284 e. The van der Waals surface area contributed by atoms with Crippen molar-refractivity contribution in [3.05, 3.63) is 0 Å². The highest BCUT2D eigenvalue weighted by atomic mass is 31.2. The van der Waals surface area contributed by atoms with Gasteiger partial charge in [0.2, 0.25) is 0 Å². The van der Waals surface area contributed by atoms with Gasteiger partial charge in [0.05, 0.1) is 6.61 Å². The molecule has 0 spiro atoms. The molecule has 0 saturated carbocycles. The quantitative estimate of drug-likeness (QED) is 0.592. The first-order chi connectivity index (χ1) is 4.18. The van der Waals surface area contributed by atoms with Crippen LogP contribution >= 0.6 is 7.82 Å². The van der Waals surface area contributed by atoms with E-state index in [0.717, 1.165) is 0 Å². The van der Waals surface area contributed by atoms with Gasteiger partial charge < -0.3 is 0 Å². The van der Waals surface area contributed by atoms with E-state index >= 15 is 0 Å². The second-order valence-corrected chi connectivity index (χ2v) is 2.43. The van der Waals surface area contributed by atoms with Gasteiger partial charge in [-0.05, 0) is 16.0 Å². The number of hydrogen-bond acceptors (Lipinski definition) is 4. The minimum Gasteiger partial charge on any atom is -0.284 e. The molecular formula is C2H5F2O4P. The van der Waals surface area contributed by atoms with Crippen LogP contribution in [0.3, 0.4) is 0 Å². The van der Waals surface area contributed by atoms with Gasteiger partial charge in [-0.3, -0.25) is 4.52 Å². The molecule has 0 aromatic heterocycles. The van der Waals surface area contributed by atoms with Crippen molar-refractivity contribution in [1.82, 2.24) is 0 Å². The van der Waals surface area contributed by atoms with Crippen LogP contribution in [0.5, 0.6) is 0 Å². The van der Waals surface area contributed by atoms with Gasteiger partial charge >= 0.3 is 7.82 Å². The van der Waals surface area contributed by atoms with Crippen molar-refractivity contribution in [2.45, 2.75) is 6.92 Å². The molecular weight excluding hydrogens is 157 g/mol. The number of phosphoric acid groups is 1. The highest BCUT2D eigenvalue weighted by molar-refractivity contribution is 7.48. The first-order valence-corrected chi connectivity index (χ1v) is 3.50. The summed E-state index contributed by atoms with van der Waals surface area (Å²) in [5.41, 5.74) is 0. The third kappa shape index (κ3) is 2.86. The van der Waals surface area contributed by atoms with Crippen molar-refractivity contribution < 1.29 is 27.6 Å². The van der Waals surface area contributed by atoms with Crippen molar-refractivity contribution in [3.63, 3.8) is 0 Å². The zero-order chi connectivity index (χ0) is 7.33. The van der Waals surface area contributed by atoms with Crippen LogP contribution in [0.1, 0.15) is 6.92 Å². The maximum Gasteiger partial charge on any atom is 0.537 e. The summed E-state index contributed by atoms with van der Waals surface area (Å²) in [5, 5.41) is 0. The summed E-state index contributed by atoms with van der Waals surface area (Å²) >= 11 is 0. The summed E-state index contributed by atoms with van der Waals surface area (Å²) in [6.07, 6.45) is 0. The lowest BCUT2D eigenvalue weighted by Gasteiger charge is -2.03. The molecule has 0 atom stereocenters. The highest BCUT2D eigenvalue weighted by Gasteiger charge is 2.28. The highest BCUT2D eigenvalue weighted by Crippen LogP contribution is 2.49. The summed E-state index contributed by atoms with van der Waals surface area (Å²) in [7, 11) is -4.51. The Morgan fingerprint density at radius 1 is 1.44 bits per heavy atom. The lowest BCUT2D eigenvalue weighted by atomic mass is 10.9. The molecule has 0 bridgehead atoms. The van der Waals surface area contributed by atoms with Crippen LogP contribution in [0.2, 0.25) is 0 Å². The molecule has 0 unspecified atom stereocenters. The zero-order valence-corrected chi connectivity index (χ0v) is 5.44. The molecule has 0 aliphatic carbocycles. The Kier molecular flexibility index (Phi) is 3.88. The van der Waals surface area contributed by atoms with Gasteiger partial charge in [0.15, 0.2) is 0 Å². The van der Waals surface area contributed by atoms with E-state index in [0.29, 0.717) is 0 Å². The van der Waals surface area contributed by atoms with Crippen LogP contribution in [-0.4, -0.2) is 6.61 Å². The van der Waals surface area contributed by atoms with Crippen LogP contribution in [-0.2, 0) is 18.5 Å². The SMILES string of the molecule is CCOP(=O)(OF)OF. The third-order valence-electron chi connectivity index (χ3n) is 0.456. The van der Waals surface area contributed by atoms with Gasteiger partial charge in [-0.15, -0.1) is 0 Å². The second kappa shape index (κ2) is 3.90. The summed E-state index contributed by atoms with van der Waals surface area (Å²) in [5.74, 6) is 0. The van der Waals surface area contributed by atoms with Crippen molar-refractivity contribution in [3.8, 4) is 0 Å². The number of hydrogen-bond donors (Lipinski definition) is 0. The van der Waals surface area contributed by atoms with Crippen LogP contribution in [0.25, 0.3) is 0 Å². The molecule has 0 N–H and O–H groups in total. The predicted octanol–water partition coefficient (Wildman–Crippen LogP) is 1.93. The van der Waals surface area contributed by atoms with Gasteiger partial charge in [0.25, 0.3) is 0 Å². The van der Waals surface area contributed by atoms with E-state index in [1.165, 1.54) is 6.92 Å². The van der Waals surface area contributed by atoms with E-state index in [-0.39, 0.29) is 6.61 Å². The normalized spacial score (nSPS) is 11.9. The summed E-state index contributed by atoms with van der Waals surface area (Å²) in [6.45, 7) is 1.22. The molecule has 9 heavy (non-hydrogen) atoms. The predicted molar refractivity (Wildman–Crippen MR) is 23.6 cm³/mol. The lowest BCUT2D eigenvalue weighted by Crippen LogP contribution is -1.89. The van der Waals surface area contributed by atoms with Crippen LogP contribution in [0.4, 0.5) is 9.05 Å². The number of rotatable bonds is 4. The summed E-state index contributed by atoms with van der Waals surface area (Å²) < 4.78 is 41.1. The van der Waals surface area contributed by atoms with Gasteiger partial charge in [0.1, 0.15) is 0 Å². The topological polar surface area (TPSA) is 44.8 Å². The molecule has 0 aromatic carbocycles. The van der Waals surface area contributed by atoms with E-state index < -0.39 is 7.82 Å². The molecule has 0 heterocycles. The largest absolute Gasteiger partial charge is 0.537 e. The third-order valence-corrected chi connectivity index (χ3v) is 1.37. The van der Waals surface area contributed by atoms with Crippen LogP contribution < -0.4 is 0 Å². The fourth-order valence-corrected chi connectivity index (χ4v) is 0.626. The van der Waals surface area contributed by atoms with Crippen LogP contribution in [0.15, 0.2) is 0 Å². The van der Waals surface area contributed by atoms with Crippen molar-refractivity contribution in [1.29, 1.82) is 0 Å². The minimum absolute atomic E-state index is 0.162. The lowest BCUT2D eigenvalue weighted by molar-refractivity contribution is -0.117. The van der Waals surface area contributed by atoms with Crippen molar-refractivity contribution in [2.75, 3.05) is 6.61 Å². The Morgan fingerprint density at radius 2 is 1.89 bits per heavy atom. The first-order valence-electron chi connectivity index (χ1n) is 2.03. The van der Waals surface area contributed by atoms with E-state index in [1.807, 2.05) is 0 Å². The average Bonchev–Trinajstić information content (AvgIpc) is 1.89. The van der Waals surface area contributed by atoms with E-state index in [9.17, 15) is 13.6 Å². The maximum absolute atomic E-state index is 11.0. The monoisotopic (exact) mass is 162 g/mol. The Balaban J connectivity index is 3.78. The molecule has 0 fully saturated rings. The zero-order valence-electron chi connectivity index (χ0n) is 4.54. The average molecular weight is 162 g/mol. The minimum atomic E-state index is -4.51. The van der Waals surface area contributed by atoms with Crippen molar-refractivity contribution in [2.24, 2.45) is 0 Å². The Morgan fingerprint density at radius 3 is 2.00 bits per heavy atom. The van der Waals surface area contributed by atoms with Gasteiger partial charge in [-0.25, -0.2) is 4.57 Å². The van der Waals surface area contributed by atoms with Gasteiger partial charge in [0, 0.05) is 0 Å². The number of halogens is 2. The molecule has 0 rings (SSSR count). The molecule has 0 radical (unpaired) electrons. The molecule has 7 heteroatoms. The molecule has 4 nitrogen and oxygen atoms in total. The molecule has 0 amide bonds. The maximum atomic E-state index is 11.0. The second-order valence-electron chi connectivity index (χ2n) is 1.00. The fourth-order valence-electron chi connectivity index (χ4n) is 0.209. The molecule has 0 aliphatic rings. The summed E-state index contributed by atoms with van der Waals surface area (Å²) in [6, 6.07) is 0. The Hall–Kier alpha value is -0.0300. The molecule has 0 saturated heterocycles. The van der Waals surface area contributed by atoms with Crippen molar-refractivity contribution >= 4 is 7.82 Å². The van der Waals surface area contributed by atoms with E-state index in [2.05, 4.69) is 14.0 Å². The van der Waals surface area contributed by atoms with Crippen LogP contribution in [0, 0.1) is 0 Å². The standard InChI is InChI=1S/C2H5F2O4P/c1-2-6-9(5,7-3)8-4/h2H2,1H3. The molecule has 0 aliphatic heterocycles. The molecule has 56 valence electrons. The summed E-state index contributed by atoms with van der Waals surface area (Å²) in [4.78, 5) is 0. The first kappa shape index (κ1) is 8.97. The Bertz CT molecular complexity index is 109. The van der Waals surface area contributed by atoms with E-state index in [1.54, 1.807) is 0 Å².